The summed E-state index contributed by atoms with van der Waals surface area (Å²) < 4.78 is 7.08. The molecular weight excluding hydrogens is 408 g/mol. The van der Waals surface area contributed by atoms with Gasteiger partial charge < -0.3 is 10.1 Å². The van der Waals surface area contributed by atoms with Crippen LogP contribution < -0.4 is 10.9 Å². The predicted octanol–water partition coefficient (Wildman–Crippen LogP) is 3.14. The van der Waals surface area contributed by atoms with Crippen molar-refractivity contribution in [2.45, 2.75) is 26.2 Å². The smallest absolute Gasteiger partial charge is 0.267 e. The molecule has 29 heavy (non-hydrogen) atoms. The number of amides is 1. The summed E-state index contributed by atoms with van der Waals surface area (Å²) in [5.74, 6) is 0.299. The average Bonchev–Trinajstić information content (AvgIpc) is 2.99. The molecule has 0 radical (unpaired) electrons. The highest BCUT2D eigenvalue weighted by molar-refractivity contribution is 8.26. The Morgan fingerprint density at radius 2 is 2.14 bits per heavy atom. The maximum Gasteiger partial charge on any atom is 0.267 e. The van der Waals surface area contributed by atoms with Crippen LogP contribution >= 0.6 is 24.0 Å². The molecular formula is C20H24N4O3S2. The Labute approximate surface area is 179 Å². The van der Waals surface area contributed by atoms with Gasteiger partial charge >= 0.3 is 0 Å². The van der Waals surface area contributed by atoms with Gasteiger partial charge in [-0.2, -0.15) is 0 Å². The van der Waals surface area contributed by atoms with Crippen LogP contribution in [0.4, 0.5) is 5.82 Å². The van der Waals surface area contributed by atoms with E-state index in [1.807, 2.05) is 6.07 Å². The van der Waals surface area contributed by atoms with E-state index in [0.29, 0.717) is 46.0 Å². The van der Waals surface area contributed by atoms with E-state index in [4.69, 9.17) is 17.0 Å². The molecule has 0 bridgehead atoms. The van der Waals surface area contributed by atoms with Crippen LogP contribution in [0.5, 0.6) is 0 Å². The molecule has 0 aliphatic carbocycles. The fourth-order valence-corrected chi connectivity index (χ4v) is 4.22. The third-order valence-electron chi connectivity index (χ3n) is 4.47. The van der Waals surface area contributed by atoms with Gasteiger partial charge in [-0.15, -0.1) is 0 Å². The lowest BCUT2D eigenvalue weighted by Gasteiger charge is -2.13. The first kappa shape index (κ1) is 21.5. The number of methoxy groups -OCH3 is 1. The molecule has 2 aromatic rings. The molecule has 2 aromatic heterocycles. The Hall–Kier alpha value is -2.23. The highest BCUT2D eigenvalue weighted by Gasteiger charge is 2.32. The minimum atomic E-state index is -0.233. The molecule has 1 saturated heterocycles. The lowest BCUT2D eigenvalue weighted by molar-refractivity contribution is -0.122. The Kier molecular flexibility index (Phi) is 7.40. The minimum Gasteiger partial charge on any atom is -0.385 e. The van der Waals surface area contributed by atoms with Crippen LogP contribution in [0.25, 0.3) is 11.7 Å². The number of thiocarbonyl (C=S) groups is 1. The fourth-order valence-electron chi connectivity index (χ4n) is 2.93. The molecule has 1 fully saturated rings. The van der Waals surface area contributed by atoms with Crippen LogP contribution in [-0.4, -0.2) is 51.3 Å². The summed E-state index contributed by atoms with van der Waals surface area (Å²) in [6, 6.07) is 5.38. The molecule has 9 heteroatoms. The molecule has 0 atom stereocenters. The standard InChI is InChI=1S/C20H24N4O3S2/c1-3-4-10-24-19(26)15(29-20(24)28)13-14-17(21-9-7-12-27-2)22-16-8-5-6-11-23(16)18(14)25/h5-6,8,11,13,21H,3-4,7,9-10,12H2,1-2H3. The zero-order valence-corrected chi connectivity index (χ0v) is 18.1. The monoisotopic (exact) mass is 432 g/mol. The molecule has 0 aromatic carbocycles. The summed E-state index contributed by atoms with van der Waals surface area (Å²) in [7, 11) is 1.65. The summed E-state index contributed by atoms with van der Waals surface area (Å²) >= 11 is 6.59. The normalized spacial score (nSPS) is 15.7. The van der Waals surface area contributed by atoms with Crippen molar-refractivity contribution in [2.24, 2.45) is 0 Å². The fraction of sp³-hybridized carbons (Fsp3) is 0.400. The number of nitrogens with one attached hydrogen (secondary N) is 1. The molecule has 1 aliphatic rings. The summed E-state index contributed by atoms with van der Waals surface area (Å²) in [6.45, 7) is 3.86. The number of pyridine rings is 1. The second kappa shape index (κ2) is 10.00. The zero-order valence-electron chi connectivity index (χ0n) is 16.5. The van der Waals surface area contributed by atoms with Gasteiger partial charge in [-0.05, 0) is 31.1 Å². The Bertz CT molecular complexity index is 1000. The molecule has 3 heterocycles. The summed E-state index contributed by atoms with van der Waals surface area (Å²) in [4.78, 5) is 32.5. The molecule has 0 saturated carbocycles. The van der Waals surface area contributed by atoms with Gasteiger partial charge in [0.05, 0.1) is 10.5 Å². The Morgan fingerprint density at radius 1 is 1.31 bits per heavy atom. The average molecular weight is 433 g/mol. The number of ether oxygens (including phenoxy) is 1. The van der Waals surface area contributed by atoms with Crippen LogP contribution in [0, 0.1) is 0 Å². The van der Waals surface area contributed by atoms with Crippen molar-refractivity contribution >= 4 is 51.7 Å². The molecule has 1 N–H and O–H groups in total. The van der Waals surface area contributed by atoms with Gasteiger partial charge in [-0.3, -0.25) is 18.9 Å². The minimum absolute atomic E-state index is 0.156. The highest BCUT2D eigenvalue weighted by Crippen LogP contribution is 2.33. The number of nitrogens with zero attached hydrogens (tertiary/aromatic N) is 3. The van der Waals surface area contributed by atoms with E-state index in [1.165, 1.54) is 16.2 Å². The van der Waals surface area contributed by atoms with Crippen molar-refractivity contribution in [3.8, 4) is 0 Å². The van der Waals surface area contributed by atoms with Crippen LogP contribution in [0.3, 0.4) is 0 Å². The number of anilines is 1. The number of carbonyl (C=O) groups is 1. The van der Waals surface area contributed by atoms with E-state index in [0.717, 1.165) is 19.3 Å². The first-order valence-electron chi connectivity index (χ1n) is 9.56. The van der Waals surface area contributed by atoms with Gasteiger partial charge in [-0.25, -0.2) is 4.98 Å². The largest absolute Gasteiger partial charge is 0.385 e. The first-order chi connectivity index (χ1) is 14.1. The number of thioether (sulfide) groups is 1. The topological polar surface area (TPSA) is 75.9 Å². The summed E-state index contributed by atoms with van der Waals surface area (Å²) in [5, 5.41) is 3.21. The van der Waals surface area contributed by atoms with Crippen LogP contribution in [0.2, 0.25) is 0 Å². The third-order valence-corrected chi connectivity index (χ3v) is 5.85. The van der Waals surface area contributed by atoms with E-state index in [9.17, 15) is 9.59 Å². The Balaban J connectivity index is 1.99. The lowest BCUT2D eigenvalue weighted by Crippen LogP contribution is -2.29. The van der Waals surface area contributed by atoms with Gasteiger partial charge in [-0.1, -0.05) is 43.4 Å². The quantitative estimate of drug-likeness (QED) is 0.371. The second-order valence-electron chi connectivity index (χ2n) is 6.57. The van der Waals surface area contributed by atoms with Crippen LogP contribution in [0.1, 0.15) is 31.7 Å². The summed E-state index contributed by atoms with van der Waals surface area (Å²) in [5.41, 5.74) is 0.658. The van der Waals surface area contributed by atoms with Gasteiger partial charge in [0.15, 0.2) is 0 Å². The van der Waals surface area contributed by atoms with E-state index in [2.05, 4.69) is 17.2 Å². The molecule has 0 spiro atoms. The van der Waals surface area contributed by atoms with E-state index in [-0.39, 0.29) is 11.5 Å². The summed E-state index contributed by atoms with van der Waals surface area (Å²) in [6.07, 6.45) is 5.90. The van der Waals surface area contributed by atoms with Crippen molar-refractivity contribution in [3.05, 3.63) is 45.2 Å². The molecule has 3 rings (SSSR count). The SMILES string of the molecule is CCCCN1C(=O)C(=Cc2c(NCCCOC)nc3ccccn3c2=O)SC1=S. The molecule has 7 nitrogen and oxygen atoms in total. The second-order valence-corrected chi connectivity index (χ2v) is 8.24. The molecule has 1 amide bonds. The number of carbonyl (C=O) groups excluding carboxylic acids is 1. The van der Waals surface area contributed by atoms with Gasteiger partial charge in [0, 0.05) is 33.0 Å². The van der Waals surface area contributed by atoms with E-state index >= 15 is 0 Å². The van der Waals surface area contributed by atoms with Gasteiger partial charge in [0.2, 0.25) is 0 Å². The lowest BCUT2D eigenvalue weighted by atomic mass is 10.2. The van der Waals surface area contributed by atoms with Crippen molar-refractivity contribution in [3.63, 3.8) is 0 Å². The first-order valence-corrected chi connectivity index (χ1v) is 10.8. The van der Waals surface area contributed by atoms with Crippen LogP contribution in [-0.2, 0) is 9.53 Å². The van der Waals surface area contributed by atoms with Crippen molar-refractivity contribution in [1.29, 1.82) is 0 Å². The van der Waals surface area contributed by atoms with Crippen LogP contribution in [0.15, 0.2) is 34.1 Å². The number of hydrogen-bond acceptors (Lipinski definition) is 7. The predicted molar refractivity (Wildman–Crippen MR) is 121 cm³/mol. The molecule has 154 valence electrons. The Morgan fingerprint density at radius 3 is 2.90 bits per heavy atom. The molecule has 0 unspecified atom stereocenters. The highest BCUT2D eigenvalue weighted by atomic mass is 32.2. The van der Waals surface area contributed by atoms with Gasteiger partial charge in [0.1, 0.15) is 15.8 Å². The number of hydrogen-bond donors (Lipinski definition) is 1. The van der Waals surface area contributed by atoms with Crippen molar-refractivity contribution in [1.82, 2.24) is 14.3 Å². The van der Waals surface area contributed by atoms with Crippen molar-refractivity contribution in [2.75, 3.05) is 32.1 Å². The zero-order chi connectivity index (χ0) is 20.8. The number of unbranched alkanes of at least 4 members (excludes halogenated alkanes) is 1. The number of fused-ring (bicyclic) bond motifs is 1. The number of rotatable bonds is 9. The van der Waals surface area contributed by atoms with Gasteiger partial charge in [0.25, 0.3) is 11.5 Å². The molecule has 1 aliphatic heterocycles. The number of aromatic nitrogens is 2. The third kappa shape index (κ3) is 4.85. The maximum atomic E-state index is 13.1. The van der Waals surface area contributed by atoms with Crippen molar-refractivity contribution < 1.29 is 9.53 Å². The van der Waals surface area contributed by atoms with E-state index < -0.39 is 0 Å². The maximum absolute atomic E-state index is 13.1. The van der Waals surface area contributed by atoms with E-state index in [1.54, 1.807) is 36.4 Å².